The SMILES string of the molecule is CCCn1c(=O)n(Cc2nc(-c3cn(C)nn3)no2)c2ccccc21. The number of aryl methyl sites for hydroxylation is 2. The fraction of sp³-hybridized carbons (Fsp3) is 0.312. The molecule has 3 heterocycles. The number of rotatable bonds is 5. The highest BCUT2D eigenvalue weighted by atomic mass is 16.5. The molecular formula is C16H17N7O2. The molecule has 0 aliphatic carbocycles. The molecule has 0 aliphatic heterocycles. The summed E-state index contributed by atoms with van der Waals surface area (Å²) in [6, 6.07) is 7.70. The topological polar surface area (TPSA) is 96.6 Å². The van der Waals surface area contributed by atoms with Gasteiger partial charge in [-0.25, -0.2) is 4.79 Å². The summed E-state index contributed by atoms with van der Waals surface area (Å²) >= 11 is 0. The van der Waals surface area contributed by atoms with Crippen molar-refractivity contribution in [2.45, 2.75) is 26.4 Å². The van der Waals surface area contributed by atoms with Gasteiger partial charge in [0.25, 0.3) is 0 Å². The molecule has 0 unspecified atom stereocenters. The van der Waals surface area contributed by atoms with E-state index in [-0.39, 0.29) is 12.2 Å². The first-order chi connectivity index (χ1) is 12.2. The summed E-state index contributed by atoms with van der Waals surface area (Å²) in [7, 11) is 1.76. The van der Waals surface area contributed by atoms with Gasteiger partial charge in [-0.05, 0) is 18.6 Å². The molecule has 0 radical (unpaired) electrons. The molecule has 0 fully saturated rings. The van der Waals surface area contributed by atoms with Crippen molar-refractivity contribution in [3.63, 3.8) is 0 Å². The first kappa shape index (κ1) is 15.3. The number of benzene rings is 1. The van der Waals surface area contributed by atoms with Crippen LogP contribution < -0.4 is 5.69 Å². The zero-order valence-electron chi connectivity index (χ0n) is 14.0. The van der Waals surface area contributed by atoms with Gasteiger partial charge >= 0.3 is 5.69 Å². The third kappa shape index (κ3) is 2.63. The molecule has 0 saturated heterocycles. The van der Waals surface area contributed by atoms with E-state index in [4.69, 9.17) is 4.52 Å². The highest BCUT2D eigenvalue weighted by molar-refractivity contribution is 5.76. The molecule has 1 aromatic carbocycles. The molecular weight excluding hydrogens is 322 g/mol. The normalized spacial score (nSPS) is 11.4. The quantitative estimate of drug-likeness (QED) is 0.546. The number of imidazole rings is 1. The standard InChI is InChI=1S/C16H17N7O2/c1-3-8-22-12-6-4-5-7-13(12)23(16(22)24)10-14-17-15(19-25-14)11-9-21(2)20-18-11/h4-7,9H,3,8,10H2,1-2H3. The Morgan fingerprint density at radius 2 is 1.92 bits per heavy atom. The molecule has 0 N–H and O–H groups in total. The van der Waals surface area contributed by atoms with Crippen LogP contribution in [0.4, 0.5) is 0 Å². The third-order valence-corrected chi connectivity index (χ3v) is 3.97. The molecule has 25 heavy (non-hydrogen) atoms. The lowest BCUT2D eigenvalue weighted by atomic mass is 10.3. The first-order valence-corrected chi connectivity index (χ1v) is 8.04. The second kappa shape index (κ2) is 6.00. The Labute approximate surface area is 142 Å². The van der Waals surface area contributed by atoms with Crippen LogP contribution in [-0.4, -0.2) is 34.3 Å². The molecule has 4 rings (SSSR count). The van der Waals surface area contributed by atoms with E-state index >= 15 is 0 Å². The van der Waals surface area contributed by atoms with E-state index in [9.17, 15) is 4.79 Å². The van der Waals surface area contributed by atoms with Gasteiger partial charge in [0.05, 0.1) is 17.2 Å². The van der Waals surface area contributed by atoms with Crippen LogP contribution >= 0.6 is 0 Å². The van der Waals surface area contributed by atoms with E-state index in [2.05, 4.69) is 20.5 Å². The molecule has 4 aromatic rings. The Morgan fingerprint density at radius 3 is 2.60 bits per heavy atom. The summed E-state index contributed by atoms with van der Waals surface area (Å²) in [4.78, 5) is 17.1. The minimum Gasteiger partial charge on any atom is -0.337 e. The average Bonchev–Trinajstić information content (AvgIpc) is 3.31. The Bertz CT molecular complexity index is 1090. The van der Waals surface area contributed by atoms with Crippen molar-refractivity contribution in [1.29, 1.82) is 0 Å². The second-order valence-electron chi connectivity index (χ2n) is 5.80. The molecule has 0 spiro atoms. The van der Waals surface area contributed by atoms with Gasteiger partial charge in [0.15, 0.2) is 5.69 Å². The van der Waals surface area contributed by atoms with Crippen molar-refractivity contribution in [3.8, 4) is 11.5 Å². The Balaban J connectivity index is 1.73. The maximum atomic E-state index is 12.8. The molecule has 0 aliphatic rings. The number of nitrogens with zero attached hydrogens (tertiary/aromatic N) is 7. The lowest BCUT2D eigenvalue weighted by Crippen LogP contribution is -2.24. The summed E-state index contributed by atoms with van der Waals surface area (Å²) in [5.74, 6) is 0.704. The average molecular weight is 339 g/mol. The maximum absolute atomic E-state index is 12.8. The van der Waals surface area contributed by atoms with Gasteiger partial charge in [0.1, 0.15) is 6.54 Å². The number of fused-ring (bicyclic) bond motifs is 1. The predicted octanol–water partition coefficient (Wildman–Crippen LogP) is 1.44. The van der Waals surface area contributed by atoms with Crippen molar-refractivity contribution >= 4 is 11.0 Å². The summed E-state index contributed by atoms with van der Waals surface area (Å²) in [6.07, 6.45) is 2.58. The van der Waals surface area contributed by atoms with Crippen LogP contribution in [0.2, 0.25) is 0 Å². The van der Waals surface area contributed by atoms with Gasteiger partial charge in [-0.2, -0.15) is 4.98 Å². The minimum absolute atomic E-state index is 0.0812. The molecule has 0 bridgehead atoms. The van der Waals surface area contributed by atoms with Crippen molar-refractivity contribution in [1.82, 2.24) is 34.3 Å². The number of hydrogen-bond acceptors (Lipinski definition) is 6. The first-order valence-electron chi connectivity index (χ1n) is 8.04. The summed E-state index contributed by atoms with van der Waals surface area (Å²) < 4.78 is 10.3. The predicted molar refractivity (Wildman–Crippen MR) is 89.9 cm³/mol. The molecule has 9 nitrogen and oxygen atoms in total. The molecule has 128 valence electrons. The number of aromatic nitrogens is 7. The van der Waals surface area contributed by atoms with Crippen molar-refractivity contribution in [2.24, 2.45) is 7.05 Å². The van der Waals surface area contributed by atoms with Crippen LogP contribution in [0.5, 0.6) is 0 Å². The Morgan fingerprint density at radius 1 is 1.16 bits per heavy atom. The van der Waals surface area contributed by atoms with Gasteiger partial charge in [0.2, 0.25) is 11.7 Å². The van der Waals surface area contributed by atoms with Crippen LogP contribution in [0.1, 0.15) is 19.2 Å². The Hall–Kier alpha value is -3.23. The molecule has 3 aromatic heterocycles. The van der Waals surface area contributed by atoms with E-state index in [1.807, 2.05) is 31.2 Å². The maximum Gasteiger partial charge on any atom is 0.329 e. The van der Waals surface area contributed by atoms with Gasteiger partial charge in [0, 0.05) is 13.6 Å². The van der Waals surface area contributed by atoms with E-state index in [0.29, 0.717) is 24.0 Å². The lowest BCUT2D eigenvalue weighted by Gasteiger charge is -1.98. The number of hydrogen-bond donors (Lipinski definition) is 0. The monoisotopic (exact) mass is 339 g/mol. The highest BCUT2D eigenvalue weighted by Crippen LogP contribution is 2.16. The molecule has 0 atom stereocenters. The summed E-state index contributed by atoms with van der Waals surface area (Å²) in [6.45, 7) is 2.92. The van der Waals surface area contributed by atoms with Gasteiger partial charge in [-0.1, -0.05) is 29.4 Å². The highest BCUT2D eigenvalue weighted by Gasteiger charge is 2.17. The summed E-state index contributed by atoms with van der Waals surface area (Å²) in [5, 5.41) is 11.7. The summed E-state index contributed by atoms with van der Waals surface area (Å²) in [5.41, 5.74) is 2.20. The van der Waals surface area contributed by atoms with Crippen LogP contribution in [0.3, 0.4) is 0 Å². The molecule has 9 heteroatoms. The van der Waals surface area contributed by atoms with Gasteiger partial charge < -0.3 is 4.52 Å². The third-order valence-electron chi connectivity index (χ3n) is 3.97. The second-order valence-corrected chi connectivity index (χ2v) is 5.80. The van der Waals surface area contributed by atoms with Gasteiger partial charge in [-0.15, -0.1) is 5.10 Å². The van der Waals surface area contributed by atoms with Crippen LogP contribution in [-0.2, 0) is 20.1 Å². The minimum atomic E-state index is -0.0812. The van der Waals surface area contributed by atoms with E-state index < -0.39 is 0 Å². The number of para-hydroxylation sites is 2. The van der Waals surface area contributed by atoms with Crippen molar-refractivity contribution in [3.05, 3.63) is 46.8 Å². The fourth-order valence-corrected chi connectivity index (χ4v) is 2.87. The van der Waals surface area contributed by atoms with Crippen molar-refractivity contribution < 1.29 is 4.52 Å². The van der Waals surface area contributed by atoms with Crippen molar-refractivity contribution in [2.75, 3.05) is 0 Å². The zero-order chi connectivity index (χ0) is 17.4. The van der Waals surface area contributed by atoms with E-state index in [1.165, 1.54) is 0 Å². The van der Waals surface area contributed by atoms with Gasteiger partial charge in [-0.3, -0.25) is 13.8 Å². The largest absolute Gasteiger partial charge is 0.337 e. The van der Waals surface area contributed by atoms with E-state index in [0.717, 1.165) is 17.5 Å². The zero-order valence-corrected chi connectivity index (χ0v) is 14.0. The van der Waals surface area contributed by atoms with Crippen LogP contribution in [0.15, 0.2) is 39.8 Å². The Kier molecular flexibility index (Phi) is 3.68. The molecule has 0 amide bonds. The van der Waals surface area contributed by atoms with Crippen LogP contribution in [0.25, 0.3) is 22.6 Å². The lowest BCUT2D eigenvalue weighted by molar-refractivity contribution is 0.370. The van der Waals surface area contributed by atoms with Crippen LogP contribution in [0, 0.1) is 0 Å². The fourth-order valence-electron chi connectivity index (χ4n) is 2.87. The smallest absolute Gasteiger partial charge is 0.329 e. The molecule has 0 saturated carbocycles. The van der Waals surface area contributed by atoms with E-state index in [1.54, 1.807) is 27.1 Å².